The smallest absolute Gasteiger partial charge is 0.210 e. The highest BCUT2D eigenvalue weighted by molar-refractivity contribution is 7.99. The zero-order valence-electron chi connectivity index (χ0n) is 11.6. The van der Waals surface area contributed by atoms with Gasteiger partial charge >= 0.3 is 0 Å². The van der Waals surface area contributed by atoms with Crippen LogP contribution in [0.3, 0.4) is 0 Å². The lowest BCUT2D eigenvalue weighted by Gasteiger charge is -2.25. The van der Waals surface area contributed by atoms with Crippen molar-refractivity contribution >= 4 is 18.2 Å². The Hall–Kier alpha value is -1.74. The van der Waals surface area contributed by atoms with Crippen LogP contribution in [0.15, 0.2) is 65.6 Å². The zero-order chi connectivity index (χ0) is 14.2. The van der Waals surface area contributed by atoms with Gasteiger partial charge in [0.1, 0.15) is 0 Å². The SMILES string of the molecule is C[C@H](CSc1ccccc1)N(C=O)Cc1ccccc1. The Balaban J connectivity index is 1.89. The molecular formula is C17H19NOS. The van der Waals surface area contributed by atoms with Gasteiger partial charge in [-0.05, 0) is 24.6 Å². The minimum atomic E-state index is 0.206. The van der Waals surface area contributed by atoms with Gasteiger partial charge in [-0.25, -0.2) is 0 Å². The van der Waals surface area contributed by atoms with Crippen LogP contribution in [0.25, 0.3) is 0 Å². The van der Waals surface area contributed by atoms with Crippen molar-refractivity contribution in [1.82, 2.24) is 4.90 Å². The lowest BCUT2D eigenvalue weighted by molar-refractivity contribution is -0.120. The standard InChI is InChI=1S/C17H19NOS/c1-15(13-20-17-10-6-3-7-11-17)18(14-19)12-16-8-4-2-5-9-16/h2-11,14-15H,12-13H2,1H3/t15-/m1/s1. The number of hydrogen-bond acceptors (Lipinski definition) is 2. The molecule has 0 unspecified atom stereocenters. The third kappa shape index (κ3) is 4.42. The Kier molecular flexibility index (Phi) is 5.69. The number of carbonyl (C=O) groups is 1. The molecule has 2 aromatic carbocycles. The normalized spacial score (nSPS) is 11.8. The number of benzene rings is 2. The molecule has 2 aromatic rings. The van der Waals surface area contributed by atoms with Crippen molar-refractivity contribution in [2.24, 2.45) is 0 Å². The molecule has 0 aromatic heterocycles. The monoisotopic (exact) mass is 285 g/mol. The van der Waals surface area contributed by atoms with E-state index < -0.39 is 0 Å². The van der Waals surface area contributed by atoms with E-state index in [1.807, 2.05) is 53.4 Å². The Bertz CT molecular complexity index is 515. The maximum atomic E-state index is 11.3. The number of nitrogens with zero attached hydrogens (tertiary/aromatic N) is 1. The van der Waals surface area contributed by atoms with Gasteiger partial charge in [0.05, 0.1) is 0 Å². The first-order valence-electron chi connectivity index (χ1n) is 6.72. The molecule has 0 saturated heterocycles. The highest BCUT2D eigenvalue weighted by Gasteiger charge is 2.12. The predicted molar refractivity (Wildman–Crippen MR) is 84.7 cm³/mol. The molecule has 104 valence electrons. The number of amides is 1. The second-order valence-electron chi connectivity index (χ2n) is 4.74. The van der Waals surface area contributed by atoms with E-state index in [0.717, 1.165) is 17.7 Å². The van der Waals surface area contributed by atoms with E-state index in [-0.39, 0.29) is 6.04 Å². The van der Waals surface area contributed by atoms with E-state index >= 15 is 0 Å². The molecule has 0 spiro atoms. The van der Waals surface area contributed by atoms with Crippen LogP contribution in [0.1, 0.15) is 12.5 Å². The summed E-state index contributed by atoms with van der Waals surface area (Å²) in [5, 5.41) is 0. The van der Waals surface area contributed by atoms with E-state index in [1.165, 1.54) is 4.90 Å². The molecule has 1 atom stereocenters. The summed E-state index contributed by atoms with van der Waals surface area (Å²) in [6, 6.07) is 20.6. The molecule has 0 aliphatic heterocycles. The molecule has 0 radical (unpaired) electrons. The minimum absolute atomic E-state index is 0.206. The maximum Gasteiger partial charge on any atom is 0.210 e. The second-order valence-corrected chi connectivity index (χ2v) is 5.83. The average Bonchev–Trinajstić information content (AvgIpc) is 2.52. The summed E-state index contributed by atoms with van der Waals surface area (Å²) < 4.78 is 0. The van der Waals surface area contributed by atoms with Crippen LogP contribution in [0.5, 0.6) is 0 Å². The highest BCUT2D eigenvalue weighted by atomic mass is 32.2. The summed E-state index contributed by atoms with van der Waals surface area (Å²) in [4.78, 5) is 14.4. The quantitative estimate of drug-likeness (QED) is 0.569. The van der Waals surface area contributed by atoms with E-state index in [9.17, 15) is 4.79 Å². The van der Waals surface area contributed by atoms with E-state index in [0.29, 0.717) is 6.54 Å². The first-order valence-corrected chi connectivity index (χ1v) is 7.71. The van der Waals surface area contributed by atoms with E-state index in [4.69, 9.17) is 0 Å². The van der Waals surface area contributed by atoms with Crippen molar-refractivity contribution in [2.45, 2.75) is 24.4 Å². The predicted octanol–water partition coefficient (Wildman–Crippen LogP) is 3.83. The molecule has 20 heavy (non-hydrogen) atoms. The molecule has 0 aliphatic carbocycles. The molecule has 0 aliphatic rings. The fraction of sp³-hybridized carbons (Fsp3) is 0.235. The fourth-order valence-corrected chi connectivity index (χ4v) is 2.90. The van der Waals surface area contributed by atoms with Gasteiger partial charge in [-0.2, -0.15) is 0 Å². The average molecular weight is 285 g/mol. The van der Waals surface area contributed by atoms with Crippen LogP contribution in [0, 0.1) is 0 Å². The Labute approximate surface area is 124 Å². The Morgan fingerprint density at radius 2 is 1.65 bits per heavy atom. The lowest BCUT2D eigenvalue weighted by Crippen LogP contribution is -2.33. The molecule has 0 heterocycles. The fourth-order valence-electron chi connectivity index (χ4n) is 1.92. The second kappa shape index (κ2) is 7.75. The van der Waals surface area contributed by atoms with Crippen LogP contribution < -0.4 is 0 Å². The van der Waals surface area contributed by atoms with Gasteiger partial charge in [0.2, 0.25) is 6.41 Å². The van der Waals surface area contributed by atoms with Gasteiger partial charge in [-0.1, -0.05) is 48.5 Å². The van der Waals surface area contributed by atoms with Crippen molar-refractivity contribution in [3.63, 3.8) is 0 Å². The Morgan fingerprint density at radius 3 is 2.25 bits per heavy atom. The maximum absolute atomic E-state index is 11.3. The number of hydrogen-bond donors (Lipinski definition) is 0. The molecular weight excluding hydrogens is 266 g/mol. The minimum Gasteiger partial charge on any atom is -0.337 e. The van der Waals surface area contributed by atoms with Crippen molar-refractivity contribution in [3.05, 3.63) is 66.2 Å². The summed E-state index contributed by atoms with van der Waals surface area (Å²) in [5.41, 5.74) is 1.16. The third-order valence-electron chi connectivity index (χ3n) is 3.14. The third-order valence-corrected chi connectivity index (χ3v) is 4.40. The first-order chi connectivity index (χ1) is 9.79. The van der Waals surface area contributed by atoms with Gasteiger partial charge in [-0.15, -0.1) is 11.8 Å². The topological polar surface area (TPSA) is 20.3 Å². The molecule has 0 bridgehead atoms. The van der Waals surface area contributed by atoms with Crippen LogP contribution in [0.4, 0.5) is 0 Å². The van der Waals surface area contributed by atoms with Gasteiger partial charge in [0.25, 0.3) is 0 Å². The van der Waals surface area contributed by atoms with Crippen molar-refractivity contribution in [2.75, 3.05) is 5.75 Å². The number of carbonyl (C=O) groups excluding carboxylic acids is 1. The van der Waals surface area contributed by atoms with Gasteiger partial charge in [-0.3, -0.25) is 4.79 Å². The molecule has 0 N–H and O–H groups in total. The first kappa shape index (κ1) is 14.7. The molecule has 0 saturated carbocycles. The van der Waals surface area contributed by atoms with E-state index in [1.54, 1.807) is 11.8 Å². The summed E-state index contributed by atoms with van der Waals surface area (Å²) in [6.45, 7) is 2.76. The Morgan fingerprint density at radius 1 is 1.05 bits per heavy atom. The molecule has 0 fully saturated rings. The van der Waals surface area contributed by atoms with Crippen molar-refractivity contribution < 1.29 is 4.79 Å². The van der Waals surface area contributed by atoms with Gasteiger partial charge in [0.15, 0.2) is 0 Å². The van der Waals surface area contributed by atoms with Crippen LogP contribution in [-0.4, -0.2) is 23.1 Å². The highest BCUT2D eigenvalue weighted by Crippen LogP contribution is 2.20. The number of thioether (sulfide) groups is 1. The largest absolute Gasteiger partial charge is 0.337 e. The summed E-state index contributed by atoms with van der Waals surface area (Å²) in [7, 11) is 0. The number of rotatable bonds is 7. The molecule has 2 nitrogen and oxygen atoms in total. The molecule has 2 rings (SSSR count). The van der Waals surface area contributed by atoms with Crippen LogP contribution >= 0.6 is 11.8 Å². The van der Waals surface area contributed by atoms with Crippen LogP contribution in [0.2, 0.25) is 0 Å². The molecule has 3 heteroatoms. The van der Waals surface area contributed by atoms with Gasteiger partial charge < -0.3 is 4.90 Å². The summed E-state index contributed by atoms with van der Waals surface area (Å²) in [6.07, 6.45) is 0.948. The summed E-state index contributed by atoms with van der Waals surface area (Å²) in [5.74, 6) is 0.898. The van der Waals surface area contributed by atoms with Gasteiger partial charge in [0, 0.05) is 23.2 Å². The summed E-state index contributed by atoms with van der Waals surface area (Å²) >= 11 is 1.78. The van der Waals surface area contributed by atoms with Crippen LogP contribution in [-0.2, 0) is 11.3 Å². The van der Waals surface area contributed by atoms with E-state index in [2.05, 4.69) is 19.1 Å². The lowest BCUT2D eigenvalue weighted by atomic mass is 10.2. The molecule has 1 amide bonds. The zero-order valence-corrected chi connectivity index (χ0v) is 12.4. The van der Waals surface area contributed by atoms with Crippen molar-refractivity contribution in [1.29, 1.82) is 0 Å². The van der Waals surface area contributed by atoms with Crippen molar-refractivity contribution in [3.8, 4) is 0 Å².